The highest BCUT2D eigenvalue weighted by molar-refractivity contribution is 6.02. The van der Waals surface area contributed by atoms with E-state index in [0.29, 0.717) is 16.9 Å². The molecule has 4 rings (SSSR count). The van der Waals surface area contributed by atoms with Crippen LogP contribution in [0.1, 0.15) is 17.5 Å². The molecule has 8 nitrogen and oxygen atoms in total. The third-order valence-corrected chi connectivity index (χ3v) is 5.61. The Morgan fingerprint density at radius 1 is 1.09 bits per heavy atom. The average Bonchev–Trinajstić information content (AvgIpc) is 3.40. The molecule has 2 aromatic carbocycles. The van der Waals surface area contributed by atoms with Gasteiger partial charge in [-0.15, -0.1) is 6.42 Å². The minimum atomic E-state index is -0.778. The van der Waals surface area contributed by atoms with Gasteiger partial charge in [-0.3, -0.25) is 9.79 Å². The summed E-state index contributed by atoms with van der Waals surface area (Å²) >= 11 is 0. The van der Waals surface area contributed by atoms with E-state index >= 15 is 0 Å². The molecule has 0 aromatic heterocycles. The lowest BCUT2D eigenvalue weighted by Crippen LogP contribution is -2.45. The van der Waals surface area contributed by atoms with E-state index in [1.165, 1.54) is 4.90 Å². The number of aliphatic imine (C=N–C) groups is 1. The van der Waals surface area contributed by atoms with Gasteiger partial charge >= 0.3 is 6.03 Å². The van der Waals surface area contributed by atoms with E-state index in [0.717, 1.165) is 24.5 Å². The largest absolute Gasteiger partial charge is 0.391 e. The second-order valence-corrected chi connectivity index (χ2v) is 7.90. The van der Waals surface area contributed by atoms with Crippen LogP contribution in [0.5, 0.6) is 0 Å². The normalized spacial score (nSPS) is 20.0. The van der Waals surface area contributed by atoms with E-state index in [1.54, 1.807) is 24.3 Å². The van der Waals surface area contributed by atoms with Crippen molar-refractivity contribution in [2.75, 3.05) is 37.3 Å². The van der Waals surface area contributed by atoms with Gasteiger partial charge in [0.25, 0.3) is 0 Å². The first-order valence-corrected chi connectivity index (χ1v) is 10.4. The number of carbonyl (C=O) groups is 2. The number of β-amino-alcohol motifs (C(OH)–C–C–N with tert-alkyl or cyclic N) is 1. The fraction of sp³-hybridized carbons (Fsp3) is 0.292. The molecule has 2 aliphatic heterocycles. The van der Waals surface area contributed by atoms with Crippen LogP contribution in [-0.2, 0) is 4.79 Å². The first kappa shape index (κ1) is 21.4. The van der Waals surface area contributed by atoms with Gasteiger partial charge in [0.1, 0.15) is 11.9 Å². The van der Waals surface area contributed by atoms with Crippen molar-refractivity contribution < 1.29 is 14.7 Å². The number of nitrogens with one attached hydrogen (secondary N) is 2. The lowest BCUT2D eigenvalue weighted by molar-refractivity contribution is -0.119. The highest BCUT2D eigenvalue weighted by Crippen LogP contribution is 2.22. The van der Waals surface area contributed by atoms with E-state index in [-0.39, 0.29) is 18.9 Å². The van der Waals surface area contributed by atoms with Gasteiger partial charge in [0.2, 0.25) is 5.91 Å². The van der Waals surface area contributed by atoms with Crippen LogP contribution in [0, 0.1) is 12.3 Å². The van der Waals surface area contributed by atoms with Gasteiger partial charge in [-0.25, -0.2) is 4.79 Å². The molecule has 0 radical (unpaired) electrons. The number of aliphatic hydroxyl groups is 1. The maximum absolute atomic E-state index is 12.9. The van der Waals surface area contributed by atoms with Crippen LogP contribution in [-0.4, -0.2) is 71.5 Å². The number of hydrogen-bond donors (Lipinski definition) is 3. The molecule has 2 aliphatic rings. The third-order valence-electron chi connectivity index (χ3n) is 5.61. The second-order valence-electron chi connectivity index (χ2n) is 7.90. The first-order chi connectivity index (χ1) is 15.4. The van der Waals surface area contributed by atoms with Crippen LogP contribution < -0.4 is 10.6 Å². The van der Waals surface area contributed by atoms with Gasteiger partial charge in [-0.2, -0.15) is 0 Å². The van der Waals surface area contributed by atoms with Crippen LogP contribution in [0.2, 0.25) is 0 Å². The number of hydrogen-bond acceptors (Lipinski definition) is 5. The third kappa shape index (κ3) is 4.58. The molecule has 32 heavy (non-hydrogen) atoms. The standard InChI is InChI=1S/C24H25N5O3/c1-3-16-4-8-19(9-5-16)27-24(32)29-15-20(30)14-21(29)23(31)26-18-10-6-17(7-11-18)22-25-12-13-28(22)2/h1,4-11,20-21,30H,12-15H2,2H3,(H,26,31)(H,27,32)/t20-,21+/m1/s1. The second kappa shape index (κ2) is 9.12. The molecule has 0 aliphatic carbocycles. The number of amides is 3. The summed E-state index contributed by atoms with van der Waals surface area (Å²) in [5, 5.41) is 15.7. The number of amidine groups is 1. The van der Waals surface area contributed by atoms with Crippen molar-refractivity contribution in [3.8, 4) is 12.3 Å². The monoisotopic (exact) mass is 431 g/mol. The van der Waals surface area contributed by atoms with Gasteiger partial charge in [0.15, 0.2) is 0 Å². The van der Waals surface area contributed by atoms with Crippen LogP contribution in [0.3, 0.4) is 0 Å². The Bertz CT molecular complexity index is 1070. The van der Waals surface area contributed by atoms with Crippen molar-refractivity contribution in [1.82, 2.24) is 9.80 Å². The van der Waals surface area contributed by atoms with Crippen LogP contribution >= 0.6 is 0 Å². The summed E-state index contributed by atoms with van der Waals surface area (Å²) < 4.78 is 0. The zero-order chi connectivity index (χ0) is 22.7. The van der Waals surface area contributed by atoms with Crippen molar-refractivity contribution >= 4 is 29.1 Å². The van der Waals surface area contributed by atoms with Crippen LogP contribution in [0.25, 0.3) is 0 Å². The molecule has 0 saturated carbocycles. The molecular weight excluding hydrogens is 406 g/mol. The summed E-state index contributed by atoms with van der Waals surface area (Å²) in [5.74, 6) is 3.10. The Kier molecular flexibility index (Phi) is 6.10. The van der Waals surface area contributed by atoms with Gasteiger partial charge in [-0.05, 0) is 48.5 Å². The van der Waals surface area contributed by atoms with Crippen molar-refractivity contribution in [1.29, 1.82) is 0 Å². The summed E-state index contributed by atoms with van der Waals surface area (Å²) in [7, 11) is 2.00. The Morgan fingerprint density at radius 3 is 2.38 bits per heavy atom. The molecule has 8 heteroatoms. The molecule has 2 heterocycles. The number of benzene rings is 2. The molecule has 2 aromatic rings. The topological polar surface area (TPSA) is 97.3 Å². The summed E-state index contributed by atoms with van der Waals surface area (Å²) in [4.78, 5) is 33.6. The summed E-state index contributed by atoms with van der Waals surface area (Å²) in [6, 6.07) is 13.0. The number of nitrogens with zero attached hydrogens (tertiary/aromatic N) is 3. The van der Waals surface area contributed by atoms with Crippen molar-refractivity contribution in [3.63, 3.8) is 0 Å². The Morgan fingerprint density at radius 2 is 1.75 bits per heavy atom. The molecule has 2 atom stereocenters. The zero-order valence-electron chi connectivity index (χ0n) is 17.8. The maximum Gasteiger partial charge on any atom is 0.322 e. The SMILES string of the molecule is C#Cc1ccc(NC(=O)N2C[C@H](O)C[C@H]2C(=O)Nc2ccc(C3=NCCN3C)cc2)cc1. The molecule has 164 valence electrons. The Hall–Kier alpha value is -3.83. The fourth-order valence-corrected chi connectivity index (χ4v) is 3.90. The molecule has 1 fully saturated rings. The Balaban J connectivity index is 1.41. The smallest absolute Gasteiger partial charge is 0.322 e. The Labute approximate surface area is 186 Å². The zero-order valence-corrected chi connectivity index (χ0v) is 17.8. The van der Waals surface area contributed by atoms with E-state index in [4.69, 9.17) is 6.42 Å². The highest BCUT2D eigenvalue weighted by atomic mass is 16.3. The number of anilines is 2. The molecule has 3 amide bonds. The number of rotatable bonds is 4. The number of likely N-dealkylation sites (tertiary alicyclic amines) is 1. The number of aliphatic hydroxyl groups excluding tert-OH is 1. The highest BCUT2D eigenvalue weighted by Gasteiger charge is 2.39. The van der Waals surface area contributed by atoms with Crippen molar-refractivity contribution in [2.45, 2.75) is 18.6 Å². The fourth-order valence-electron chi connectivity index (χ4n) is 3.90. The maximum atomic E-state index is 12.9. The first-order valence-electron chi connectivity index (χ1n) is 10.4. The number of urea groups is 1. The molecule has 0 unspecified atom stereocenters. The predicted molar refractivity (Wildman–Crippen MR) is 124 cm³/mol. The van der Waals surface area contributed by atoms with Crippen LogP contribution in [0.15, 0.2) is 53.5 Å². The number of carbonyl (C=O) groups excluding carboxylic acids is 2. The summed E-state index contributed by atoms with van der Waals surface area (Å²) in [6.07, 6.45) is 4.76. The van der Waals surface area contributed by atoms with E-state index in [2.05, 4.69) is 26.4 Å². The molecule has 0 spiro atoms. The average molecular weight is 431 g/mol. The summed E-state index contributed by atoms with van der Waals surface area (Å²) in [6.45, 7) is 1.75. The number of terminal acetylenes is 1. The minimum absolute atomic E-state index is 0.0808. The van der Waals surface area contributed by atoms with E-state index < -0.39 is 18.2 Å². The van der Waals surface area contributed by atoms with Crippen LogP contribution in [0.4, 0.5) is 16.2 Å². The molecular formula is C24H25N5O3. The lowest BCUT2D eigenvalue weighted by Gasteiger charge is -2.24. The number of likely N-dealkylation sites (N-methyl/N-ethyl adjacent to an activating group) is 1. The van der Waals surface area contributed by atoms with Gasteiger partial charge in [0, 0.05) is 49.1 Å². The lowest BCUT2D eigenvalue weighted by atomic mass is 10.1. The van der Waals surface area contributed by atoms with E-state index in [1.807, 2.05) is 31.3 Å². The molecule has 0 bridgehead atoms. The van der Waals surface area contributed by atoms with Gasteiger partial charge < -0.3 is 25.5 Å². The predicted octanol–water partition coefficient (Wildman–Crippen LogP) is 1.97. The van der Waals surface area contributed by atoms with Gasteiger partial charge in [-0.1, -0.05) is 5.92 Å². The van der Waals surface area contributed by atoms with Crippen molar-refractivity contribution in [2.24, 2.45) is 4.99 Å². The minimum Gasteiger partial charge on any atom is -0.391 e. The quantitative estimate of drug-likeness (QED) is 0.645. The molecule has 1 saturated heterocycles. The summed E-state index contributed by atoms with van der Waals surface area (Å²) in [5.41, 5.74) is 2.86. The van der Waals surface area contributed by atoms with E-state index in [9.17, 15) is 14.7 Å². The van der Waals surface area contributed by atoms with Crippen molar-refractivity contribution in [3.05, 3.63) is 59.7 Å². The molecule has 3 N–H and O–H groups in total. The van der Waals surface area contributed by atoms with Gasteiger partial charge in [0.05, 0.1) is 12.6 Å².